The molecule has 0 saturated heterocycles. The molecule has 5 nitrogen and oxygen atoms in total. The Morgan fingerprint density at radius 1 is 1.43 bits per heavy atom. The summed E-state index contributed by atoms with van der Waals surface area (Å²) in [6.07, 6.45) is 4.24. The van der Waals surface area contributed by atoms with Gasteiger partial charge in [0.1, 0.15) is 18.2 Å². The second kappa shape index (κ2) is 6.41. The summed E-state index contributed by atoms with van der Waals surface area (Å²) in [5.41, 5.74) is -0.106. The van der Waals surface area contributed by atoms with Gasteiger partial charge in [0.25, 0.3) is 0 Å². The van der Waals surface area contributed by atoms with Gasteiger partial charge < -0.3 is 9.64 Å². The van der Waals surface area contributed by atoms with Crippen molar-refractivity contribution >= 4 is 11.8 Å². The molecular formula is C16H25N3O2. The van der Waals surface area contributed by atoms with E-state index in [1.165, 1.54) is 12.8 Å². The molecule has 0 aromatic carbocycles. The highest BCUT2D eigenvalue weighted by atomic mass is 16.5. The molecule has 1 aromatic heterocycles. The molecule has 1 saturated carbocycles. The van der Waals surface area contributed by atoms with Crippen molar-refractivity contribution in [2.24, 2.45) is 5.92 Å². The van der Waals surface area contributed by atoms with Gasteiger partial charge in [-0.05, 0) is 31.7 Å². The van der Waals surface area contributed by atoms with Gasteiger partial charge in [-0.3, -0.25) is 4.79 Å². The number of aromatic nitrogens is 2. The molecule has 1 aliphatic rings. The van der Waals surface area contributed by atoms with Crippen molar-refractivity contribution in [3.05, 3.63) is 18.1 Å². The normalized spacial score (nSPS) is 14.9. The summed E-state index contributed by atoms with van der Waals surface area (Å²) in [5.74, 6) is 2.08. The third-order valence-corrected chi connectivity index (χ3v) is 3.44. The van der Waals surface area contributed by atoms with Crippen LogP contribution in [-0.4, -0.2) is 35.6 Å². The average Bonchev–Trinajstić information content (AvgIpc) is 3.21. The van der Waals surface area contributed by atoms with E-state index < -0.39 is 0 Å². The van der Waals surface area contributed by atoms with Crippen LogP contribution in [-0.2, 0) is 14.9 Å². The quantitative estimate of drug-likeness (QED) is 0.754. The van der Waals surface area contributed by atoms with Gasteiger partial charge in [0.15, 0.2) is 0 Å². The number of ether oxygens (including phenoxy) is 1. The molecule has 1 heterocycles. The third kappa shape index (κ3) is 4.69. The maximum absolute atomic E-state index is 11.8. The van der Waals surface area contributed by atoms with Crippen molar-refractivity contribution in [2.45, 2.75) is 46.0 Å². The van der Waals surface area contributed by atoms with Crippen molar-refractivity contribution in [3.8, 4) is 0 Å². The number of anilines is 1. The maximum Gasteiger partial charge on any atom is 0.325 e. The zero-order valence-electron chi connectivity index (χ0n) is 13.4. The average molecular weight is 291 g/mol. The highest BCUT2D eigenvalue weighted by molar-refractivity contribution is 5.75. The first-order chi connectivity index (χ1) is 9.90. The molecule has 0 atom stereocenters. The third-order valence-electron chi connectivity index (χ3n) is 3.44. The lowest BCUT2D eigenvalue weighted by Crippen LogP contribution is -2.34. The molecule has 21 heavy (non-hydrogen) atoms. The molecule has 0 aliphatic heterocycles. The fourth-order valence-electron chi connectivity index (χ4n) is 2.10. The molecule has 0 N–H and O–H groups in total. The first kappa shape index (κ1) is 15.7. The fourth-order valence-corrected chi connectivity index (χ4v) is 2.10. The second-order valence-corrected chi connectivity index (χ2v) is 6.62. The van der Waals surface area contributed by atoms with E-state index in [1.807, 2.05) is 17.9 Å². The van der Waals surface area contributed by atoms with E-state index in [0.717, 1.165) is 18.2 Å². The Kier molecular flexibility index (Phi) is 4.80. The molecule has 0 amide bonds. The van der Waals surface area contributed by atoms with Crippen molar-refractivity contribution < 1.29 is 9.53 Å². The molecule has 2 rings (SSSR count). The van der Waals surface area contributed by atoms with Crippen molar-refractivity contribution in [3.63, 3.8) is 0 Å². The number of rotatable bonds is 6. The van der Waals surface area contributed by atoms with Gasteiger partial charge in [-0.25, -0.2) is 9.97 Å². The van der Waals surface area contributed by atoms with Gasteiger partial charge in [0.05, 0.1) is 6.61 Å². The topological polar surface area (TPSA) is 55.3 Å². The molecule has 5 heteroatoms. The number of esters is 1. The van der Waals surface area contributed by atoms with E-state index in [2.05, 4.69) is 30.7 Å². The minimum Gasteiger partial charge on any atom is -0.465 e. The van der Waals surface area contributed by atoms with Crippen LogP contribution in [0.1, 0.15) is 46.4 Å². The standard InChI is InChI=1S/C16H25N3O2/c1-5-21-14(20)11-19(10-12-6-7-12)13-8-9-17-15(18-13)16(2,3)4/h8-9,12H,5-7,10-11H2,1-4H3. The first-order valence-electron chi connectivity index (χ1n) is 7.64. The van der Waals surface area contributed by atoms with Crippen LogP contribution in [0.15, 0.2) is 12.3 Å². The Balaban J connectivity index is 2.17. The SMILES string of the molecule is CCOC(=O)CN(CC1CC1)c1ccnc(C(C)(C)C)n1. The van der Waals surface area contributed by atoms with Crippen LogP contribution in [0.3, 0.4) is 0 Å². The lowest BCUT2D eigenvalue weighted by atomic mass is 9.96. The van der Waals surface area contributed by atoms with Gasteiger partial charge in [-0.1, -0.05) is 20.8 Å². The monoisotopic (exact) mass is 291 g/mol. The second-order valence-electron chi connectivity index (χ2n) is 6.62. The Morgan fingerprint density at radius 2 is 2.14 bits per heavy atom. The summed E-state index contributed by atoms with van der Waals surface area (Å²) in [5, 5.41) is 0. The van der Waals surface area contributed by atoms with Crippen molar-refractivity contribution in [1.29, 1.82) is 0 Å². The van der Waals surface area contributed by atoms with E-state index in [4.69, 9.17) is 4.74 Å². The predicted molar refractivity (Wildman–Crippen MR) is 82.3 cm³/mol. The fraction of sp³-hybridized carbons (Fsp3) is 0.688. The summed E-state index contributed by atoms with van der Waals surface area (Å²) in [7, 11) is 0. The molecule has 0 unspecified atom stereocenters. The molecule has 0 radical (unpaired) electrons. The maximum atomic E-state index is 11.8. The van der Waals surface area contributed by atoms with E-state index in [0.29, 0.717) is 12.5 Å². The van der Waals surface area contributed by atoms with Gasteiger partial charge >= 0.3 is 5.97 Å². The molecule has 0 bridgehead atoms. The van der Waals surface area contributed by atoms with Gasteiger partial charge in [0, 0.05) is 18.2 Å². The van der Waals surface area contributed by atoms with E-state index in [9.17, 15) is 4.79 Å². The largest absolute Gasteiger partial charge is 0.465 e. The van der Waals surface area contributed by atoms with Crippen molar-refractivity contribution in [2.75, 3.05) is 24.6 Å². The molecular weight excluding hydrogens is 266 g/mol. The van der Waals surface area contributed by atoms with Gasteiger partial charge in [-0.15, -0.1) is 0 Å². The predicted octanol–water partition coefficient (Wildman–Crippen LogP) is 2.55. The Hall–Kier alpha value is -1.65. The number of carbonyl (C=O) groups is 1. The van der Waals surface area contributed by atoms with E-state index >= 15 is 0 Å². The number of hydrogen-bond donors (Lipinski definition) is 0. The smallest absolute Gasteiger partial charge is 0.325 e. The summed E-state index contributed by atoms with van der Waals surface area (Å²) >= 11 is 0. The highest BCUT2D eigenvalue weighted by Crippen LogP contribution is 2.31. The summed E-state index contributed by atoms with van der Waals surface area (Å²) in [4.78, 5) is 22.8. The molecule has 116 valence electrons. The summed E-state index contributed by atoms with van der Waals surface area (Å²) < 4.78 is 5.07. The number of hydrogen-bond acceptors (Lipinski definition) is 5. The molecule has 1 aromatic rings. The highest BCUT2D eigenvalue weighted by Gasteiger charge is 2.27. The zero-order valence-corrected chi connectivity index (χ0v) is 13.4. The summed E-state index contributed by atoms with van der Waals surface area (Å²) in [6.45, 7) is 9.61. The van der Waals surface area contributed by atoms with Gasteiger partial charge in [-0.2, -0.15) is 0 Å². The van der Waals surface area contributed by atoms with Crippen LogP contribution in [0.4, 0.5) is 5.82 Å². The van der Waals surface area contributed by atoms with Crippen LogP contribution < -0.4 is 4.90 Å². The van der Waals surface area contributed by atoms with Crippen LogP contribution in [0.2, 0.25) is 0 Å². The number of carbonyl (C=O) groups excluding carboxylic acids is 1. The van der Waals surface area contributed by atoms with Gasteiger partial charge in [0.2, 0.25) is 0 Å². The number of nitrogens with zero attached hydrogens (tertiary/aromatic N) is 3. The lowest BCUT2D eigenvalue weighted by Gasteiger charge is -2.24. The lowest BCUT2D eigenvalue weighted by molar-refractivity contribution is -0.141. The molecule has 0 spiro atoms. The molecule has 1 fully saturated rings. The summed E-state index contributed by atoms with van der Waals surface area (Å²) in [6, 6.07) is 1.87. The Morgan fingerprint density at radius 3 is 2.71 bits per heavy atom. The van der Waals surface area contributed by atoms with E-state index in [1.54, 1.807) is 6.20 Å². The van der Waals surface area contributed by atoms with Crippen LogP contribution in [0.25, 0.3) is 0 Å². The van der Waals surface area contributed by atoms with Crippen molar-refractivity contribution in [1.82, 2.24) is 9.97 Å². The minimum atomic E-state index is -0.200. The minimum absolute atomic E-state index is 0.106. The van der Waals surface area contributed by atoms with Crippen LogP contribution in [0.5, 0.6) is 0 Å². The van der Waals surface area contributed by atoms with Crippen LogP contribution >= 0.6 is 0 Å². The molecule has 1 aliphatic carbocycles. The van der Waals surface area contributed by atoms with E-state index in [-0.39, 0.29) is 17.9 Å². The Bertz CT molecular complexity index is 493. The Labute approximate surface area is 126 Å². The first-order valence-corrected chi connectivity index (χ1v) is 7.64. The van der Waals surface area contributed by atoms with Crippen LogP contribution in [0, 0.1) is 5.92 Å². The zero-order chi connectivity index (χ0) is 15.5.